The number of hydrogen-bond acceptors (Lipinski definition) is 2. The third-order valence-electron chi connectivity index (χ3n) is 3.58. The Hall–Kier alpha value is -1.87. The third-order valence-corrected chi connectivity index (χ3v) is 3.58. The summed E-state index contributed by atoms with van der Waals surface area (Å²) < 4.78 is 19.0. The van der Waals surface area contributed by atoms with E-state index in [0.29, 0.717) is 0 Å². The van der Waals surface area contributed by atoms with Crippen LogP contribution >= 0.6 is 0 Å². The quantitative estimate of drug-likeness (QED) is 0.801. The van der Waals surface area contributed by atoms with Gasteiger partial charge in [-0.2, -0.15) is 0 Å². The van der Waals surface area contributed by atoms with Gasteiger partial charge < -0.3 is 10.5 Å². The molecule has 0 aromatic heterocycles. The van der Waals surface area contributed by atoms with Crippen LogP contribution in [-0.2, 0) is 0 Å². The first-order valence-corrected chi connectivity index (χ1v) is 7.36. The lowest BCUT2D eigenvalue weighted by Gasteiger charge is -2.16. The van der Waals surface area contributed by atoms with E-state index in [1.54, 1.807) is 6.07 Å². The Bertz CT molecular complexity index is 580. The fourth-order valence-corrected chi connectivity index (χ4v) is 2.23. The zero-order chi connectivity index (χ0) is 15.2. The van der Waals surface area contributed by atoms with Crippen LogP contribution in [0.3, 0.4) is 0 Å². The van der Waals surface area contributed by atoms with Crippen molar-refractivity contribution >= 4 is 0 Å². The first-order valence-electron chi connectivity index (χ1n) is 7.36. The maximum atomic E-state index is 13.4. The van der Waals surface area contributed by atoms with Gasteiger partial charge in [0.1, 0.15) is 11.6 Å². The molecule has 0 aliphatic carbocycles. The van der Waals surface area contributed by atoms with E-state index in [9.17, 15) is 4.39 Å². The summed E-state index contributed by atoms with van der Waals surface area (Å²) in [4.78, 5) is 0. The van der Waals surface area contributed by atoms with Crippen LogP contribution in [0.2, 0.25) is 0 Å². The van der Waals surface area contributed by atoms with E-state index >= 15 is 0 Å². The highest BCUT2D eigenvalue weighted by atomic mass is 19.1. The molecule has 2 N–H and O–H groups in total. The van der Waals surface area contributed by atoms with Crippen LogP contribution in [0.25, 0.3) is 0 Å². The van der Waals surface area contributed by atoms with Crippen molar-refractivity contribution in [3.05, 3.63) is 65.0 Å². The van der Waals surface area contributed by atoms with Crippen molar-refractivity contribution < 1.29 is 9.13 Å². The minimum Gasteiger partial charge on any atom is -0.494 e. The molecule has 2 rings (SSSR count). The van der Waals surface area contributed by atoms with E-state index in [4.69, 9.17) is 10.5 Å². The van der Waals surface area contributed by atoms with E-state index in [1.807, 2.05) is 31.2 Å². The van der Waals surface area contributed by atoms with Crippen LogP contribution in [-0.4, -0.2) is 6.61 Å². The van der Waals surface area contributed by atoms with E-state index in [0.717, 1.165) is 41.9 Å². The number of rotatable bonds is 6. The van der Waals surface area contributed by atoms with Gasteiger partial charge in [-0.05, 0) is 54.3 Å². The van der Waals surface area contributed by atoms with Crippen molar-refractivity contribution in [2.24, 2.45) is 5.73 Å². The molecule has 0 fully saturated rings. The van der Waals surface area contributed by atoms with Crippen LogP contribution in [0.5, 0.6) is 5.75 Å². The number of unbranched alkanes of at least 4 members (excludes halogenated alkanes) is 1. The standard InChI is InChI=1S/C18H22FNO/c1-3-4-11-21-16-9-6-14(7-10-16)18(20)17-12-15(19)8-5-13(17)2/h5-10,12,18H,3-4,11,20H2,1-2H3. The minimum absolute atomic E-state index is 0.259. The molecule has 1 atom stereocenters. The van der Waals surface area contributed by atoms with E-state index in [-0.39, 0.29) is 11.9 Å². The Morgan fingerprint density at radius 2 is 1.86 bits per heavy atom. The second-order valence-corrected chi connectivity index (χ2v) is 5.25. The molecule has 0 saturated heterocycles. The van der Waals surface area contributed by atoms with E-state index < -0.39 is 0 Å². The summed E-state index contributed by atoms with van der Waals surface area (Å²) in [6.07, 6.45) is 2.16. The highest BCUT2D eigenvalue weighted by Gasteiger charge is 2.12. The first kappa shape index (κ1) is 15.5. The predicted octanol–water partition coefficient (Wildman–Crippen LogP) is 4.36. The molecule has 0 amide bonds. The maximum absolute atomic E-state index is 13.4. The van der Waals surface area contributed by atoms with Gasteiger partial charge in [0, 0.05) is 0 Å². The SMILES string of the molecule is CCCCOc1ccc(C(N)c2cc(F)ccc2C)cc1. The zero-order valence-electron chi connectivity index (χ0n) is 12.6. The monoisotopic (exact) mass is 287 g/mol. The molecule has 0 radical (unpaired) electrons. The van der Waals surface area contributed by atoms with E-state index in [2.05, 4.69) is 6.92 Å². The van der Waals surface area contributed by atoms with Gasteiger partial charge in [-0.25, -0.2) is 4.39 Å². The second-order valence-electron chi connectivity index (χ2n) is 5.25. The maximum Gasteiger partial charge on any atom is 0.123 e. The molecular formula is C18H22FNO. The molecule has 0 bridgehead atoms. The Kier molecular flexibility index (Phi) is 5.34. The molecule has 112 valence electrons. The van der Waals surface area contributed by atoms with Gasteiger partial charge in [0.2, 0.25) is 0 Å². The lowest BCUT2D eigenvalue weighted by Crippen LogP contribution is -2.13. The zero-order valence-corrected chi connectivity index (χ0v) is 12.6. The number of aryl methyl sites for hydroxylation is 1. The van der Waals surface area contributed by atoms with Crippen LogP contribution < -0.4 is 10.5 Å². The Labute approximate surface area is 125 Å². The predicted molar refractivity (Wildman–Crippen MR) is 84.0 cm³/mol. The first-order chi connectivity index (χ1) is 10.1. The largest absolute Gasteiger partial charge is 0.494 e. The summed E-state index contributed by atoms with van der Waals surface area (Å²) in [6.45, 7) is 4.80. The third kappa shape index (κ3) is 4.05. The lowest BCUT2D eigenvalue weighted by molar-refractivity contribution is 0.309. The molecule has 0 aliphatic heterocycles. The molecule has 3 heteroatoms. The van der Waals surface area contributed by atoms with Crippen molar-refractivity contribution in [3.63, 3.8) is 0 Å². The Balaban J connectivity index is 2.12. The fraction of sp³-hybridized carbons (Fsp3) is 0.333. The van der Waals surface area contributed by atoms with Crippen molar-refractivity contribution in [1.29, 1.82) is 0 Å². The number of halogens is 1. The molecule has 2 aromatic rings. The van der Waals surface area contributed by atoms with Gasteiger partial charge in [-0.3, -0.25) is 0 Å². The van der Waals surface area contributed by atoms with Crippen LogP contribution in [0.4, 0.5) is 4.39 Å². The summed E-state index contributed by atoms with van der Waals surface area (Å²) >= 11 is 0. The van der Waals surface area contributed by atoms with Crippen molar-refractivity contribution in [2.45, 2.75) is 32.7 Å². The molecular weight excluding hydrogens is 265 g/mol. The Morgan fingerprint density at radius 3 is 2.52 bits per heavy atom. The van der Waals surface area contributed by atoms with Crippen LogP contribution in [0, 0.1) is 12.7 Å². The summed E-state index contributed by atoms with van der Waals surface area (Å²) in [5.41, 5.74) is 9.01. The highest BCUT2D eigenvalue weighted by molar-refractivity contribution is 5.38. The van der Waals surface area contributed by atoms with E-state index in [1.165, 1.54) is 12.1 Å². The van der Waals surface area contributed by atoms with Gasteiger partial charge in [0.25, 0.3) is 0 Å². The number of nitrogens with two attached hydrogens (primary N) is 1. The van der Waals surface area contributed by atoms with Crippen molar-refractivity contribution in [3.8, 4) is 5.75 Å². The number of ether oxygens (including phenoxy) is 1. The van der Waals surface area contributed by atoms with Crippen LogP contribution in [0.15, 0.2) is 42.5 Å². The summed E-state index contributed by atoms with van der Waals surface area (Å²) in [5, 5.41) is 0. The average molecular weight is 287 g/mol. The highest BCUT2D eigenvalue weighted by Crippen LogP contribution is 2.25. The lowest BCUT2D eigenvalue weighted by atomic mass is 9.95. The van der Waals surface area contributed by atoms with Crippen molar-refractivity contribution in [2.75, 3.05) is 6.61 Å². The van der Waals surface area contributed by atoms with Gasteiger partial charge in [0.15, 0.2) is 0 Å². The Morgan fingerprint density at radius 1 is 1.14 bits per heavy atom. The van der Waals surface area contributed by atoms with Gasteiger partial charge in [0.05, 0.1) is 12.6 Å². The normalized spacial score (nSPS) is 12.2. The van der Waals surface area contributed by atoms with Gasteiger partial charge >= 0.3 is 0 Å². The van der Waals surface area contributed by atoms with Crippen LogP contribution in [0.1, 0.15) is 42.5 Å². The molecule has 21 heavy (non-hydrogen) atoms. The number of benzene rings is 2. The summed E-state index contributed by atoms with van der Waals surface area (Å²) in [6, 6.07) is 12.1. The van der Waals surface area contributed by atoms with Gasteiger partial charge in [-0.1, -0.05) is 31.5 Å². The van der Waals surface area contributed by atoms with Gasteiger partial charge in [-0.15, -0.1) is 0 Å². The molecule has 0 saturated carbocycles. The number of hydrogen-bond donors (Lipinski definition) is 1. The second kappa shape index (κ2) is 7.23. The summed E-state index contributed by atoms with van der Waals surface area (Å²) in [7, 11) is 0. The topological polar surface area (TPSA) is 35.2 Å². The molecule has 0 aliphatic rings. The average Bonchev–Trinajstić information content (AvgIpc) is 2.50. The molecule has 2 aromatic carbocycles. The molecule has 0 spiro atoms. The molecule has 1 unspecified atom stereocenters. The smallest absolute Gasteiger partial charge is 0.123 e. The fourth-order valence-electron chi connectivity index (χ4n) is 2.23. The molecule has 0 heterocycles. The minimum atomic E-state index is -0.328. The molecule has 2 nitrogen and oxygen atoms in total. The summed E-state index contributed by atoms with van der Waals surface area (Å²) in [5.74, 6) is 0.584. The van der Waals surface area contributed by atoms with Crippen molar-refractivity contribution in [1.82, 2.24) is 0 Å².